The van der Waals surface area contributed by atoms with E-state index in [9.17, 15) is 0 Å². The Morgan fingerprint density at radius 1 is 0.816 bits per heavy atom. The van der Waals surface area contributed by atoms with Crippen LogP contribution in [0.1, 0.15) is 87.8 Å². The number of nitrogens with one attached hydrogen (secondary N) is 1. The van der Waals surface area contributed by atoms with Crippen LogP contribution >= 0.6 is 12.2 Å². The first kappa shape index (κ1) is 27.2. The average molecular weight is 531 g/mol. The molecule has 0 amide bonds. The zero-order valence-corrected chi connectivity index (χ0v) is 23.9. The number of hydrogen-bond acceptors (Lipinski definition) is 3. The Balaban J connectivity index is 1.06. The molecule has 5 rings (SSSR count). The molecule has 1 aliphatic carbocycles. The van der Waals surface area contributed by atoms with Crippen LogP contribution in [0.4, 0.5) is 0 Å². The lowest BCUT2D eigenvalue weighted by Crippen LogP contribution is -2.34. The molecule has 204 valence electrons. The summed E-state index contributed by atoms with van der Waals surface area (Å²) >= 11 is 6.07. The second kappa shape index (κ2) is 14.1. The second-order valence-electron chi connectivity index (χ2n) is 11.6. The summed E-state index contributed by atoms with van der Waals surface area (Å²) in [5.74, 6) is 2.10. The zero-order valence-electron chi connectivity index (χ0n) is 23.1. The second-order valence-corrected chi connectivity index (χ2v) is 12.0. The fraction of sp³-hybridized carbons (Fsp3) is 0.576. The first-order valence-electron chi connectivity index (χ1n) is 15.2. The minimum Gasteiger partial charge on any atom is -0.372 e. The molecule has 4 nitrogen and oxygen atoms in total. The lowest BCUT2D eigenvalue weighted by molar-refractivity contribution is 0.278. The summed E-state index contributed by atoms with van der Waals surface area (Å²) in [5, 5.41) is 4.64. The van der Waals surface area contributed by atoms with E-state index in [1.807, 2.05) is 0 Å². The highest BCUT2D eigenvalue weighted by Gasteiger charge is 2.35. The summed E-state index contributed by atoms with van der Waals surface area (Å²) in [6.45, 7) is 4.21. The van der Waals surface area contributed by atoms with Crippen LogP contribution in [0.3, 0.4) is 0 Å². The van der Waals surface area contributed by atoms with E-state index in [0.717, 1.165) is 56.5 Å². The van der Waals surface area contributed by atoms with Gasteiger partial charge in [-0.15, -0.1) is 0 Å². The molecule has 0 bridgehead atoms. The molecule has 0 spiro atoms. The fourth-order valence-electron chi connectivity index (χ4n) is 6.55. The standard InChI is InChI=1S/C33H46N4S/c38-33-36(23-11-10-20-30-25-34-32(35-30)21-12-17-27-13-4-1-5-14-27)26-31(29-18-8-3-9-19-29)37(33)24-22-28-15-6-2-7-16-28/h1,3-5,8-9,13-14,18-19,28,30-31H,2,6-7,10-12,15-17,20-26H2,(H,34,35)/t30-,31-/m0/s1. The van der Waals surface area contributed by atoms with Gasteiger partial charge in [0.15, 0.2) is 5.11 Å². The van der Waals surface area contributed by atoms with Crippen molar-refractivity contribution >= 4 is 23.2 Å². The molecule has 1 saturated carbocycles. The van der Waals surface area contributed by atoms with E-state index in [-0.39, 0.29) is 0 Å². The Morgan fingerprint density at radius 3 is 2.37 bits per heavy atom. The molecule has 1 N–H and O–H groups in total. The summed E-state index contributed by atoms with van der Waals surface area (Å²) < 4.78 is 0. The number of amidine groups is 1. The van der Waals surface area contributed by atoms with Crippen LogP contribution in [-0.2, 0) is 6.42 Å². The van der Waals surface area contributed by atoms with Gasteiger partial charge in [0.05, 0.1) is 17.9 Å². The monoisotopic (exact) mass is 530 g/mol. The van der Waals surface area contributed by atoms with E-state index in [1.54, 1.807) is 0 Å². The predicted octanol–water partition coefficient (Wildman–Crippen LogP) is 7.16. The molecule has 3 aliphatic rings. The average Bonchev–Trinajstić information content (AvgIpc) is 3.55. The molecule has 2 aliphatic heterocycles. The minimum atomic E-state index is 0.398. The lowest BCUT2D eigenvalue weighted by Gasteiger charge is -2.29. The largest absolute Gasteiger partial charge is 0.372 e. The number of nitrogens with zero attached hydrogens (tertiary/aromatic N) is 3. The molecule has 2 aromatic rings. The smallest absolute Gasteiger partial charge is 0.172 e. The molecule has 2 heterocycles. The molecule has 1 saturated heterocycles. The number of aliphatic imine (C=N–C) groups is 1. The highest BCUT2D eigenvalue weighted by Crippen LogP contribution is 2.33. The van der Waals surface area contributed by atoms with E-state index < -0.39 is 0 Å². The highest BCUT2D eigenvalue weighted by molar-refractivity contribution is 7.80. The van der Waals surface area contributed by atoms with E-state index in [2.05, 4.69) is 75.8 Å². The van der Waals surface area contributed by atoms with E-state index in [4.69, 9.17) is 17.2 Å². The Kier molecular flexibility index (Phi) is 10.1. The number of unbranched alkanes of at least 4 members (excludes halogenated alkanes) is 1. The summed E-state index contributed by atoms with van der Waals surface area (Å²) in [6, 6.07) is 22.7. The number of thiocarbonyl (C=S) groups is 1. The molecule has 2 fully saturated rings. The molecule has 2 aromatic carbocycles. The maximum absolute atomic E-state index is 6.07. The van der Waals surface area contributed by atoms with E-state index in [1.165, 1.54) is 74.7 Å². The first-order chi connectivity index (χ1) is 18.8. The van der Waals surface area contributed by atoms with Crippen LogP contribution in [0, 0.1) is 5.92 Å². The summed E-state index contributed by atoms with van der Waals surface area (Å²) in [7, 11) is 0. The molecule has 38 heavy (non-hydrogen) atoms. The molecule has 2 atom stereocenters. The molecule has 0 aromatic heterocycles. The van der Waals surface area contributed by atoms with Crippen molar-refractivity contribution < 1.29 is 0 Å². The van der Waals surface area contributed by atoms with Gasteiger partial charge in [-0.3, -0.25) is 4.99 Å². The van der Waals surface area contributed by atoms with Crippen LogP contribution < -0.4 is 5.32 Å². The highest BCUT2D eigenvalue weighted by atomic mass is 32.1. The maximum Gasteiger partial charge on any atom is 0.172 e. The van der Waals surface area contributed by atoms with Crippen molar-refractivity contribution in [3.63, 3.8) is 0 Å². The van der Waals surface area contributed by atoms with E-state index in [0.29, 0.717) is 12.1 Å². The van der Waals surface area contributed by atoms with Crippen molar-refractivity contribution in [3.05, 3.63) is 71.8 Å². The number of hydrogen-bond donors (Lipinski definition) is 1. The van der Waals surface area contributed by atoms with Crippen molar-refractivity contribution in [3.8, 4) is 0 Å². The summed E-state index contributed by atoms with van der Waals surface area (Å²) in [6.07, 6.45) is 15.3. The minimum absolute atomic E-state index is 0.398. The van der Waals surface area contributed by atoms with Gasteiger partial charge in [0.2, 0.25) is 0 Å². The van der Waals surface area contributed by atoms with Gasteiger partial charge in [0.25, 0.3) is 0 Å². The summed E-state index contributed by atoms with van der Waals surface area (Å²) in [5.41, 5.74) is 2.83. The van der Waals surface area contributed by atoms with Gasteiger partial charge in [-0.05, 0) is 67.8 Å². The Labute approximate surface area is 235 Å². The number of aryl methyl sites for hydroxylation is 1. The Bertz CT molecular complexity index is 1020. The topological polar surface area (TPSA) is 30.9 Å². The van der Waals surface area contributed by atoms with Gasteiger partial charge in [-0.25, -0.2) is 0 Å². The Hall–Kier alpha value is -2.40. The molecular formula is C33H46N4S. The van der Waals surface area contributed by atoms with Gasteiger partial charge in [0, 0.05) is 32.6 Å². The van der Waals surface area contributed by atoms with Crippen molar-refractivity contribution in [2.45, 2.75) is 89.1 Å². The third-order valence-corrected chi connectivity index (χ3v) is 9.28. The normalized spacial score (nSPS) is 22.1. The van der Waals surface area contributed by atoms with Gasteiger partial charge >= 0.3 is 0 Å². The molecular weight excluding hydrogens is 484 g/mol. The number of rotatable bonds is 13. The molecule has 0 radical (unpaired) electrons. The fourth-order valence-corrected chi connectivity index (χ4v) is 6.94. The van der Waals surface area contributed by atoms with Crippen molar-refractivity contribution in [2.75, 3.05) is 26.2 Å². The van der Waals surface area contributed by atoms with Crippen LogP contribution in [-0.4, -0.2) is 53.0 Å². The van der Waals surface area contributed by atoms with Crippen LogP contribution in [0.5, 0.6) is 0 Å². The maximum atomic E-state index is 6.07. The predicted molar refractivity (Wildman–Crippen MR) is 164 cm³/mol. The Morgan fingerprint density at radius 2 is 1.58 bits per heavy atom. The van der Waals surface area contributed by atoms with Crippen molar-refractivity contribution in [1.82, 2.24) is 15.1 Å². The summed E-state index contributed by atoms with van der Waals surface area (Å²) in [4.78, 5) is 10.0. The van der Waals surface area contributed by atoms with Crippen LogP contribution in [0.15, 0.2) is 65.7 Å². The number of benzene rings is 2. The van der Waals surface area contributed by atoms with Gasteiger partial charge < -0.3 is 15.1 Å². The third kappa shape index (κ3) is 7.59. The zero-order chi connectivity index (χ0) is 26.0. The van der Waals surface area contributed by atoms with Crippen molar-refractivity contribution in [1.29, 1.82) is 0 Å². The van der Waals surface area contributed by atoms with Crippen molar-refractivity contribution in [2.24, 2.45) is 10.9 Å². The lowest BCUT2D eigenvalue weighted by atomic mass is 9.87. The van der Waals surface area contributed by atoms with E-state index >= 15 is 0 Å². The quantitative estimate of drug-likeness (QED) is 0.220. The molecule has 5 heteroatoms. The van der Waals surface area contributed by atoms with Gasteiger partial charge in [-0.1, -0.05) is 92.8 Å². The van der Waals surface area contributed by atoms with Crippen LogP contribution in [0.2, 0.25) is 0 Å². The first-order valence-corrected chi connectivity index (χ1v) is 15.6. The molecule has 0 unspecified atom stereocenters. The van der Waals surface area contributed by atoms with Gasteiger partial charge in [-0.2, -0.15) is 0 Å². The SMILES string of the molecule is S=C1N(CCCC[C@H]2CNC(CCCc3ccccc3)=N2)C[C@@H](c2ccccc2)N1CCC1CCCCC1. The third-order valence-electron chi connectivity index (χ3n) is 8.79. The van der Waals surface area contributed by atoms with Crippen LogP contribution in [0.25, 0.3) is 0 Å². The van der Waals surface area contributed by atoms with Gasteiger partial charge in [0.1, 0.15) is 0 Å².